The average Bonchev–Trinajstić information content (AvgIpc) is 3.18. The van der Waals surface area contributed by atoms with Gasteiger partial charge in [0.25, 0.3) is 0 Å². The molecule has 2 aromatic carbocycles. The van der Waals surface area contributed by atoms with Gasteiger partial charge in [-0.05, 0) is 37.1 Å². The summed E-state index contributed by atoms with van der Waals surface area (Å²) in [5, 5.41) is 6.85. The Labute approximate surface area is 177 Å². The number of rotatable bonds is 3. The van der Waals surface area contributed by atoms with Crippen molar-refractivity contribution in [3.8, 4) is 0 Å². The molecule has 28 heavy (non-hydrogen) atoms. The molecule has 0 spiro atoms. The summed E-state index contributed by atoms with van der Waals surface area (Å²) in [7, 11) is 0. The molecule has 0 aliphatic heterocycles. The van der Waals surface area contributed by atoms with Crippen LogP contribution in [-0.4, -0.2) is 9.97 Å². The maximum Gasteiger partial charge on any atom is 0.150 e. The first kappa shape index (κ1) is 18.2. The first-order chi connectivity index (χ1) is 13.7. The minimum absolute atomic E-state index is 0.524. The van der Waals surface area contributed by atoms with Crippen molar-refractivity contribution < 1.29 is 0 Å². The van der Waals surface area contributed by atoms with E-state index in [-0.39, 0.29) is 0 Å². The third-order valence-electron chi connectivity index (χ3n) is 5.39. The molecule has 4 aromatic rings. The standard InChI is InChI=1S/C22H19Cl2N3S/c23-16-11-10-14(12-17(16)24)25-21-20-19(15-8-4-5-9-18(15)26-21)27-22(28-20)13-6-2-1-3-7-13/h4-5,8-13H,1-3,6-7H2,(H,25,26). The quantitative estimate of drug-likeness (QED) is 0.360. The number of hydrogen-bond acceptors (Lipinski definition) is 4. The van der Waals surface area contributed by atoms with Gasteiger partial charge in [0.05, 0.1) is 30.8 Å². The first-order valence-corrected chi connectivity index (χ1v) is 11.2. The molecular weight excluding hydrogens is 409 g/mol. The number of thiazole rings is 1. The minimum Gasteiger partial charge on any atom is -0.339 e. The van der Waals surface area contributed by atoms with Crippen LogP contribution in [0, 0.1) is 0 Å². The Kier molecular flexibility index (Phi) is 4.87. The molecule has 3 nitrogen and oxygen atoms in total. The highest BCUT2D eigenvalue weighted by Gasteiger charge is 2.22. The fourth-order valence-electron chi connectivity index (χ4n) is 3.94. The summed E-state index contributed by atoms with van der Waals surface area (Å²) in [6, 6.07) is 13.8. The first-order valence-electron chi connectivity index (χ1n) is 9.60. The summed E-state index contributed by atoms with van der Waals surface area (Å²) in [4.78, 5) is 9.98. The lowest BCUT2D eigenvalue weighted by molar-refractivity contribution is 0.443. The molecule has 1 saturated carbocycles. The largest absolute Gasteiger partial charge is 0.339 e. The van der Waals surface area contributed by atoms with E-state index in [4.69, 9.17) is 33.2 Å². The van der Waals surface area contributed by atoms with Gasteiger partial charge in [0.1, 0.15) is 0 Å². The van der Waals surface area contributed by atoms with E-state index in [0.717, 1.165) is 32.6 Å². The Morgan fingerprint density at radius 1 is 0.929 bits per heavy atom. The van der Waals surface area contributed by atoms with Gasteiger partial charge < -0.3 is 5.32 Å². The van der Waals surface area contributed by atoms with Crippen LogP contribution in [0.5, 0.6) is 0 Å². The number of pyridine rings is 1. The van der Waals surface area contributed by atoms with E-state index < -0.39 is 0 Å². The second kappa shape index (κ2) is 7.51. The lowest BCUT2D eigenvalue weighted by Gasteiger charge is -2.18. The highest BCUT2D eigenvalue weighted by atomic mass is 35.5. The third-order valence-corrected chi connectivity index (χ3v) is 7.35. The number of halogens is 2. The van der Waals surface area contributed by atoms with Crippen LogP contribution in [0.4, 0.5) is 11.5 Å². The maximum atomic E-state index is 6.20. The second-order valence-electron chi connectivity index (χ2n) is 7.30. The van der Waals surface area contributed by atoms with Gasteiger partial charge in [0, 0.05) is 17.0 Å². The Balaban J connectivity index is 1.65. The summed E-state index contributed by atoms with van der Waals surface area (Å²) >= 11 is 14.0. The van der Waals surface area contributed by atoms with Crippen molar-refractivity contribution in [1.29, 1.82) is 0 Å². The predicted octanol–water partition coefficient (Wildman–Crippen LogP) is 7.94. The topological polar surface area (TPSA) is 37.8 Å². The molecule has 0 radical (unpaired) electrons. The molecule has 0 bridgehead atoms. The Morgan fingerprint density at radius 3 is 2.57 bits per heavy atom. The Morgan fingerprint density at radius 2 is 1.75 bits per heavy atom. The van der Waals surface area contributed by atoms with Crippen molar-refractivity contribution in [2.75, 3.05) is 5.32 Å². The van der Waals surface area contributed by atoms with Gasteiger partial charge in [-0.2, -0.15) is 0 Å². The number of benzene rings is 2. The summed E-state index contributed by atoms with van der Waals surface area (Å²) in [6.07, 6.45) is 6.42. The van der Waals surface area contributed by atoms with E-state index in [1.54, 1.807) is 17.4 Å². The maximum absolute atomic E-state index is 6.20. The number of nitrogens with zero attached hydrogens (tertiary/aromatic N) is 2. The zero-order chi connectivity index (χ0) is 19.1. The van der Waals surface area contributed by atoms with Gasteiger partial charge in [-0.3, -0.25) is 0 Å². The number of aromatic nitrogens is 2. The Hall–Kier alpha value is -1.88. The molecule has 1 fully saturated rings. The van der Waals surface area contributed by atoms with Crippen LogP contribution in [0.3, 0.4) is 0 Å². The highest BCUT2D eigenvalue weighted by Crippen LogP contribution is 2.41. The molecule has 0 atom stereocenters. The smallest absolute Gasteiger partial charge is 0.150 e. The zero-order valence-electron chi connectivity index (χ0n) is 15.2. The van der Waals surface area contributed by atoms with Gasteiger partial charge in [0.2, 0.25) is 0 Å². The summed E-state index contributed by atoms with van der Waals surface area (Å²) in [6.45, 7) is 0. The van der Waals surface area contributed by atoms with E-state index >= 15 is 0 Å². The molecule has 1 aliphatic carbocycles. The van der Waals surface area contributed by atoms with Crippen molar-refractivity contribution in [3.63, 3.8) is 0 Å². The minimum atomic E-state index is 0.524. The summed E-state index contributed by atoms with van der Waals surface area (Å²) < 4.78 is 1.10. The van der Waals surface area contributed by atoms with Gasteiger partial charge in [-0.15, -0.1) is 11.3 Å². The van der Waals surface area contributed by atoms with Crippen LogP contribution in [0.15, 0.2) is 42.5 Å². The number of nitrogens with one attached hydrogen (secondary N) is 1. The van der Waals surface area contributed by atoms with E-state index in [2.05, 4.69) is 17.4 Å². The van der Waals surface area contributed by atoms with Gasteiger partial charge in [-0.25, -0.2) is 9.97 Å². The molecule has 142 valence electrons. The predicted molar refractivity (Wildman–Crippen MR) is 120 cm³/mol. The number of fused-ring (bicyclic) bond motifs is 3. The van der Waals surface area contributed by atoms with Crippen molar-refractivity contribution in [3.05, 3.63) is 57.5 Å². The SMILES string of the molecule is Clc1ccc(Nc2nc3ccccc3c3nc(C4CCCCC4)sc23)cc1Cl. The normalized spacial score (nSPS) is 15.4. The fraction of sp³-hybridized carbons (Fsp3) is 0.273. The van der Waals surface area contributed by atoms with E-state index in [1.165, 1.54) is 37.1 Å². The monoisotopic (exact) mass is 427 g/mol. The van der Waals surface area contributed by atoms with Gasteiger partial charge in [0.15, 0.2) is 5.82 Å². The van der Waals surface area contributed by atoms with Crippen LogP contribution in [0.1, 0.15) is 43.0 Å². The molecule has 1 aliphatic rings. The fourth-order valence-corrected chi connectivity index (χ4v) is 5.43. The van der Waals surface area contributed by atoms with E-state index in [9.17, 15) is 0 Å². The summed E-state index contributed by atoms with van der Waals surface area (Å²) in [5.41, 5.74) is 2.85. The van der Waals surface area contributed by atoms with Crippen LogP contribution >= 0.6 is 34.5 Å². The summed E-state index contributed by atoms with van der Waals surface area (Å²) in [5.74, 6) is 1.40. The van der Waals surface area contributed by atoms with Crippen LogP contribution in [0.2, 0.25) is 10.0 Å². The molecule has 0 unspecified atom stereocenters. The number of hydrogen-bond donors (Lipinski definition) is 1. The van der Waals surface area contributed by atoms with Crippen molar-refractivity contribution >= 4 is 67.2 Å². The second-order valence-corrected chi connectivity index (χ2v) is 9.14. The van der Waals surface area contributed by atoms with E-state index in [1.807, 2.05) is 24.3 Å². The lowest BCUT2D eigenvalue weighted by atomic mass is 9.90. The van der Waals surface area contributed by atoms with Crippen molar-refractivity contribution in [2.45, 2.75) is 38.0 Å². The molecular formula is C22H19Cl2N3S. The number of anilines is 2. The highest BCUT2D eigenvalue weighted by molar-refractivity contribution is 7.19. The van der Waals surface area contributed by atoms with Crippen molar-refractivity contribution in [1.82, 2.24) is 9.97 Å². The van der Waals surface area contributed by atoms with Gasteiger partial charge >= 0.3 is 0 Å². The molecule has 0 amide bonds. The third kappa shape index (κ3) is 3.34. The molecule has 5 rings (SSSR count). The van der Waals surface area contributed by atoms with Crippen LogP contribution in [-0.2, 0) is 0 Å². The zero-order valence-corrected chi connectivity index (χ0v) is 17.5. The van der Waals surface area contributed by atoms with E-state index in [0.29, 0.717) is 16.0 Å². The average molecular weight is 428 g/mol. The molecule has 1 N–H and O–H groups in total. The van der Waals surface area contributed by atoms with Crippen LogP contribution in [0.25, 0.3) is 21.1 Å². The molecule has 2 aromatic heterocycles. The van der Waals surface area contributed by atoms with Crippen LogP contribution < -0.4 is 5.32 Å². The lowest BCUT2D eigenvalue weighted by Crippen LogP contribution is -2.03. The molecule has 2 heterocycles. The number of para-hydroxylation sites is 1. The molecule has 6 heteroatoms. The van der Waals surface area contributed by atoms with Crippen molar-refractivity contribution in [2.24, 2.45) is 0 Å². The van der Waals surface area contributed by atoms with Gasteiger partial charge in [-0.1, -0.05) is 60.7 Å². The molecule has 0 saturated heterocycles. The Bertz CT molecular complexity index is 1170.